The maximum absolute atomic E-state index is 14.8. The number of sulfone groups is 1. The molecule has 1 aliphatic heterocycles. The third-order valence-electron chi connectivity index (χ3n) is 6.04. The fourth-order valence-corrected chi connectivity index (χ4v) is 5.82. The predicted octanol–water partition coefficient (Wildman–Crippen LogP) is 4.94. The van der Waals surface area contributed by atoms with Gasteiger partial charge < -0.3 is 4.74 Å². The van der Waals surface area contributed by atoms with Gasteiger partial charge in [0, 0.05) is 42.4 Å². The molecular weight excluding hydrogens is 473 g/mol. The molecular formula is C25H24FN3O3S2. The van der Waals surface area contributed by atoms with Crippen molar-refractivity contribution < 1.29 is 17.5 Å². The minimum Gasteiger partial charge on any atom is -0.473 e. The molecule has 0 atom stereocenters. The zero-order chi connectivity index (χ0) is 23.7. The second kappa shape index (κ2) is 9.40. The lowest BCUT2D eigenvalue weighted by Crippen LogP contribution is -2.37. The second-order valence-electron chi connectivity index (χ2n) is 8.50. The SMILES string of the molecule is CS(=O)(=O)c1ccc(-c2csc3c(OC4CCN(Cc5ccccc5)CC4)ncnc23)c(F)c1. The van der Waals surface area contributed by atoms with Crippen molar-refractivity contribution in [2.24, 2.45) is 0 Å². The molecule has 34 heavy (non-hydrogen) atoms. The molecule has 4 aromatic rings. The summed E-state index contributed by atoms with van der Waals surface area (Å²) in [6.45, 7) is 2.83. The van der Waals surface area contributed by atoms with Crippen LogP contribution in [0.15, 0.2) is 65.1 Å². The minimum absolute atomic E-state index is 0.0504. The van der Waals surface area contributed by atoms with Crippen LogP contribution in [-0.4, -0.2) is 48.7 Å². The van der Waals surface area contributed by atoms with E-state index in [2.05, 4.69) is 39.1 Å². The van der Waals surface area contributed by atoms with Gasteiger partial charge in [-0.15, -0.1) is 11.3 Å². The van der Waals surface area contributed by atoms with E-state index in [0.717, 1.165) is 49.5 Å². The van der Waals surface area contributed by atoms with Gasteiger partial charge in [0.1, 0.15) is 22.9 Å². The van der Waals surface area contributed by atoms with Crippen LogP contribution in [0.3, 0.4) is 0 Å². The van der Waals surface area contributed by atoms with Crippen LogP contribution in [0.4, 0.5) is 4.39 Å². The highest BCUT2D eigenvalue weighted by atomic mass is 32.2. The Labute approximate surface area is 202 Å². The van der Waals surface area contributed by atoms with Crippen LogP contribution in [0.2, 0.25) is 0 Å². The van der Waals surface area contributed by atoms with E-state index in [1.807, 2.05) is 11.4 Å². The largest absolute Gasteiger partial charge is 0.473 e. The first-order chi connectivity index (χ1) is 16.4. The third kappa shape index (κ3) is 4.82. The van der Waals surface area contributed by atoms with E-state index in [4.69, 9.17) is 4.74 Å². The lowest BCUT2D eigenvalue weighted by atomic mass is 10.1. The molecule has 0 unspecified atom stereocenters. The Morgan fingerprint density at radius 3 is 2.56 bits per heavy atom. The van der Waals surface area contributed by atoms with E-state index in [1.165, 1.54) is 35.4 Å². The molecule has 0 bridgehead atoms. The molecule has 2 aromatic carbocycles. The van der Waals surface area contributed by atoms with Crippen LogP contribution in [0.1, 0.15) is 18.4 Å². The normalized spacial score (nSPS) is 15.6. The minimum atomic E-state index is -3.48. The lowest BCUT2D eigenvalue weighted by molar-refractivity contribution is 0.0946. The average molecular weight is 498 g/mol. The maximum atomic E-state index is 14.8. The summed E-state index contributed by atoms with van der Waals surface area (Å²) in [5.41, 5.74) is 2.81. The van der Waals surface area contributed by atoms with Crippen LogP contribution in [0, 0.1) is 5.82 Å². The standard InChI is InChI=1S/C25H24FN3O3S2/c1-34(30,31)19-7-8-20(22(26)13-19)21-15-33-24-23(21)27-16-28-25(24)32-18-9-11-29(12-10-18)14-17-5-3-2-4-6-17/h2-8,13,15-16,18H,9-12,14H2,1H3. The molecule has 6 nitrogen and oxygen atoms in total. The Morgan fingerprint density at radius 2 is 1.85 bits per heavy atom. The van der Waals surface area contributed by atoms with E-state index in [-0.39, 0.29) is 11.0 Å². The van der Waals surface area contributed by atoms with Gasteiger partial charge >= 0.3 is 0 Å². The molecule has 2 aromatic heterocycles. The number of hydrogen-bond acceptors (Lipinski definition) is 7. The third-order valence-corrected chi connectivity index (χ3v) is 8.11. The van der Waals surface area contributed by atoms with Gasteiger partial charge in [-0.3, -0.25) is 4.90 Å². The summed E-state index contributed by atoms with van der Waals surface area (Å²) in [6.07, 6.45) is 4.35. The van der Waals surface area contributed by atoms with Crippen molar-refractivity contribution in [3.05, 3.63) is 71.6 Å². The first kappa shape index (κ1) is 22.9. The Bertz CT molecular complexity index is 1420. The smallest absolute Gasteiger partial charge is 0.235 e. The molecule has 9 heteroatoms. The fraction of sp³-hybridized carbons (Fsp3) is 0.280. The molecule has 5 rings (SSSR count). The highest BCUT2D eigenvalue weighted by Gasteiger charge is 2.23. The number of rotatable bonds is 6. The van der Waals surface area contributed by atoms with Gasteiger partial charge in [-0.1, -0.05) is 36.4 Å². The molecule has 1 aliphatic rings. The number of aromatic nitrogens is 2. The number of halogens is 1. The number of thiophene rings is 1. The molecule has 3 heterocycles. The summed E-state index contributed by atoms with van der Waals surface area (Å²) in [5.74, 6) is -0.0922. The van der Waals surface area contributed by atoms with Crippen molar-refractivity contribution in [3.8, 4) is 17.0 Å². The zero-order valence-corrected chi connectivity index (χ0v) is 20.3. The average Bonchev–Trinajstić information content (AvgIpc) is 3.25. The Kier molecular flexibility index (Phi) is 6.33. The van der Waals surface area contributed by atoms with E-state index in [1.54, 1.807) is 0 Å². The number of nitrogens with zero attached hydrogens (tertiary/aromatic N) is 3. The van der Waals surface area contributed by atoms with Crippen molar-refractivity contribution in [3.63, 3.8) is 0 Å². The summed E-state index contributed by atoms with van der Waals surface area (Å²) in [4.78, 5) is 11.1. The molecule has 0 N–H and O–H groups in total. The van der Waals surface area contributed by atoms with Crippen molar-refractivity contribution in [2.75, 3.05) is 19.3 Å². The summed E-state index contributed by atoms with van der Waals surface area (Å²) < 4.78 is 45.3. The Balaban J connectivity index is 1.32. The molecule has 0 aliphatic carbocycles. The molecule has 0 spiro atoms. The van der Waals surface area contributed by atoms with Gasteiger partial charge in [-0.25, -0.2) is 22.8 Å². The zero-order valence-electron chi connectivity index (χ0n) is 18.6. The molecule has 176 valence electrons. The quantitative estimate of drug-likeness (QED) is 0.376. The van der Waals surface area contributed by atoms with Crippen molar-refractivity contribution in [1.29, 1.82) is 0 Å². The number of ether oxygens (including phenoxy) is 1. The maximum Gasteiger partial charge on any atom is 0.235 e. The fourth-order valence-electron chi connectivity index (χ4n) is 4.23. The number of hydrogen-bond donors (Lipinski definition) is 0. The monoisotopic (exact) mass is 497 g/mol. The van der Waals surface area contributed by atoms with Gasteiger partial charge in [0.25, 0.3) is 0 Å². The van der Waals surface area contributed by atoms with Gasteiger partial charge in [0.2, 0.25) is 5.88 Å². The molecule has 1 saturated heterocycles. The summed E-state index contributed by atoms with van der Waals surface area (Å²) in [6, 6.07) is 14.4. The van der Waals surface area contributed by atoms with E-state index in [9.17, 15) is 12.8 Å². The van der Waals surface area contributed by atoms with Crippen LogP contribution in [0.25, 0.3) is 21.3 Å². The van der Waals surface area contributed by atoms with Gasteiger partial charge in [-0.2, -0.15) is 0 Å². The summed E-state index contributed by atoms with van der Waals surface area (Å²) in [7, 11) is -3.48. The molecule has 0 amide bonds. The molecule has 1 fully saturated rings. The molecule has 0 radical (unpaired) electrons. The first-order valence-corrected chi connectivity index (χ1v) is 13.8. The lowest BCUT2D eigenvalue weighted by Gasteiger charge is -2.31. The number of benzene rings is 2. The first-order valence-electron chi connectivity index (χ1n) is 11.0. The van der Waals surface area contributed by atoms with Gasteiger partial charge in [0.15, 0.2) is 9.84 Å². The van der Waals surface area contributed by atoms with Crippen LogP contribution >= 0.6 is 11.3 Å². The Hall–Kier alpha value is -2.88. The van der Waals surface area contributed by atoms with Gasteiger partial charge in [0.05, 0.1) is 10.4 Å². The number of piperidine rings is 1. The van der Waals surface area contributed by atoms with Crippen LogP contribution in [0.5, 0.6) is 5.88 Å². The van der Waals surface area contributed by atoms with Crippen LogP contribution < -0.4 is 4.74 Å². The summed E-state index contributed by atoms with van der Waals surface area (Å²) >= 11 is 1.40. The van der Waals surface area contributed by atoms with Crippen LogP contribution in [-0.2, 0) is 16.4 Å². The van der Waals surface area contributed by atoms with Gasteiger partial charge in [-0.05, 0) is 30.5 Å². The number of fused-ring (bicyclic) bond motifs is 1. The Morgan fingerprint density at radius 1 is 1.09 bits per heavy atom. The van der Waals surface area contributed by atoms with E-state index >= 15 is 0 Å². The highest BCUT2D eigenvalue weighted by Crippen LogP contribution is 2.38. The topological polar surface area (TPSA) is 72.4 Å². The second-order valence-corrected chi connectivity index (χ2v) is 11.4. The van der Waals surface area contributed by atoms with Crippen molar-refractivity contribution >= 4 is 31.4 Å². The van der Waals surface area contributed by atoms with E-state index < -0.39 is 15.7 Å². The highest BCUT2D eigenvalue weighted by molar-refractivity contribution is 7.90. The summed E-state index contributed by atoms with van der Waals surface area (Å²) in [5, 5.41) is 1.81. The predicted molar refractivity (Wildman–Crippen MR) is 131 cm³/mol. The van der Waals surface area contributed by atoms with Crippen molar-refractivity contribution in [2.45, 2.75) is 30.4 Å². The molecule has 0 saturated carbocycles. The van der Waals surface area contributed by atoms with Crippen molar-refractivity contribution in [1.82, 2.24) is 14.9 Å². The van der Waals surface area contributed by atoms with E-state index in [0.29, 0.717) is 22.5 Å². The number of likely N-dealkylation sites (tertiary alicyclic amines) is 1.